The van der Waals surface area contributed by atoms with E-state index in [2.05, 4.69) is 10.3 Å². The Morgan fingerprint density at radius 3 is 2.48 bits per heavy atom. The largest absolute Gasteiger partial charge is 0.446 e. The summed E-state index contributed by atoms with van der Waals surface area (Å²) in [7, 11) is 0. The van der Waals surface area contributed by atoms with E-state index in [1.54, 1.807) is 4.90 Å². The van der Waals surface area contributed by atoms with Crippen LogP contribution >= 0.6 is 0 Å². The highest BCUT2D eigenvalue weighted by Crippen LogP contribution is 2.09. The van der Waals surface area contributed by atoms with Crippen LogP contribution in [0, 0.1) is 0 Å². The van der Waals surface area contributed by atoms with Crippen molar-refractivity contribution in [2.24, 2.45) is 0 Å². The van der Waals surface area contributed by atoms with Crippen molar-refractivity contribution in [2.45, 2.75) is 39.8 Å². The molecular weight excluding hydrogens is 426 g/mol. The Labute approximate surface area is 195 Å². The predicted molar refractivity (Wildman–Crippen MR) is 123 cm³/mol. The van der Waals surface area contributed by atoms with Gasteiger partial charge < -0.3 is 28.8 Å². The summed E-state index contributed by atoms with van der Waals surface area (Å²) < 4.78 is 21.7. The minimum atomic E-state index is -0.318. The van der Waals surface area contributed by atoms with Crippen molar-refractivity contribution in [1.82, 2.24) is 15.2 Å². The lowest BCUT2D eigenvalue weighted by Crippen LogP contribution is -2.35. The van der Waals surface area contributed by atoms with Crippen molar-refractivity contribution < 1.29 is 28.2 Å². The van der Waals surface area contributed by atoms with Crippen molar-refractivity contribution in [2.75, 3.05) is 46.1 Å². The predicted octanol–water partition coefficient (Wildman–Crippen LogP) is 2.80. The van der Waals surface area contributed by atoms with Crippen LogP contribution in [-0.2, 0) is 32.2 Å². The van der Waals surface area contributed by atoms with Crippen LogP contribution in [0.3, 0.4) is 0 Å². The molecule has 0 saturated heterocycles. The summed E-state index contributed by atoms with van der Waals surface area (Å²) in [6.07, 6.45) is 2.70. The van der Waals surface area contributed by atoms with Gasteiger partial charge in [-0.2, -0.15) is 0 Å². The topological polar surface area (TPSA) is 103 Å². The summed E-state index contributed by atoms with van der Waals surface area (Å²) in [6.45, 7) is 7.66. The molecule has 2 amide bonds. The fraction of sp³-hybridized carbons (Fsp3) is 0.542. The van der Waals surface area contributed by atoms with E-state index in [1.807, 2.05) is 44.2 Å². The Morgan fingerprint density at radius 2 is 1.76 bits per heavy atom. The number of benzene rings is 1. The first-order chi connectivity index (χ1) is 16.1. The third-order valence-corrected chi connectivity index (χ3v) is 4.68. The number of oxazole rings is 1. The third-order valence-electron chi connectivity index (χ3n) is 4.68. The van der Waals surface area contributed by atoms with Crippen LogP contribution in [0.5, 0.6) is 0 Å². The van der Waals surface area contributed by atoms with E-state index in [0.29, 0.717) is 58.4 Å². The molecule has 9 nitrogen and oxygen atoms in total. The van der Waals surface area contributed by atoms with Crippen LogP contribution in [0.25, 0.3) is 0 Å². The van der Waals surface area contributed by atoms with Crippen molar-refractivity contribution >= 4 is 11.8 Å². The monoisotopic (exact) mass is 461 g/mol. The molecule has 0 spiro atoms. The zero-order valence-corrected chi connectivity index (χ0v) is 19.6. The fourth-order valence-corrected chi connectivity index (χ4v) is 2.98. The van der Waals surface area contributed by atoms with Gasteiger partial charge in [-0.25, -0.2) is 4.98 Å². The Balaban J connectivity index is 1.86. The number of carbonyl (C=O) groups excluding carboxylic acids is 2. The number of carbonyl (C=O) groups is 2. The maximum Gasteiger partial charge on any atom is 0.273 e. The Bertz CT molecular complexity index is 812. The molecule has 2 rings (SSSR count). The number of nitrogens with one attached hydrogen (secondary N) is 1. The van der Waals surface area contributed by atoms with Gasteiger partial charge in [-0.05, 0) is 32.3 Å². The maximum atomic E-state index is 12.8. The van der Waals surface area contributed by atoms with Gasteiger partial charge in [0, 0.05) is 39.5 Å². The van der Waals surface area contributed by atoms with E-state index in [9.17, 15) is 9.59 Å². The number of nitrogens with zero attached hydrogens (tertiary/aromatic N) is 2. The molecule has 1 aromatic carbocycles. The molecule has 0 aliphatic rings. The third kappa shape index (κ3) is 10.6. The van der Waals surface area contributed by atoms with Gasteiger partial charge in [0.2, 0.25) is 11.8 Å². The number of ether oxygens (including phenoxy) is 3. The number of amides is 2. The van der Waals surface area contributed by atoms with Gasteiger partial charge in [0.25, 0.3) is 5.91 Å². The standard InChI is InChI=1S/C24H35N3O6/c1-3-30-14-8-12-25-24(29)21-18-33-22(26-21)16-27(13-9-15-31-4-2)23(28)19-32-17-20-10-6-5-7-11-20/h5-7,10-11,18H,3-4,8-9,12-17,19H2,1-2H3,(H,25,29). The second kappa shape index (κ2) is 16.0. The zero-order valence-electron chi connectivity index (χ0n) is 19.6. The molecule has 0 saturated carbocycles. The van der Waals surface area contributed by atoms with Crippen molar-refractivity contribution in [3.8, 4) is 0 Å². The maximum absolute atomic E-state index is 12.8. The van der Waals surface area contributed by atoms with E-state index >= 15 is 0 Å². The highest BCUT2D eigenvalue weighted by atomic mass is 16.5. The van der Waals surface area contributed by atoms with Gasteiger partial charge in [-0.3, -0.25) is 9.59 Å². The lowest BCUT2D eigenvalue weighted by molar-refractivity contribution is -0.137. The summed E-state index contributed by atoms with van der Waals surface area (Å²) in [5.74, 6) is -0.202. The van der Waals surface area contributed by atoms with Gasteiger partial charge in [0.15, 0.2) is 5.69 Å². The Hall–Kier alpha value is -2.75. The fourth-order valence-electron chi connectivity index (χ4n) is 2.98. The summed E-state index contributed by atoms with van der Waals surface area (Å²) in [5.41, 5.74) is 1.18. The van der Waals surface area contributed by atoms with E-state index < -0.39 is 0 Å². The van der Waals surface area contributed by atoms with E-state index in [4.69, 9.17) is 18.6 Å². The molecule has 0 aliphatic carbocycles. The van der Waals surface area contributed by atoms with Gasteiger partial charge in [-0.15, -0.1) is 0 Å². The molecule has 1 aromatic heterocycles. The average Bonchev–Trinajstić information content (AvgIpc) is 3.30. The highest BCUT2D eigenvalue weighted by Gasteiger charge is 2.19. The molecule has 0 unspecified atom stereocenters. The highest BCUT2D eigenvalue weighted by molar-refractivity contribution is 5.91. The van der Waals surface area contributed by atoms with E-state index in [-0.39, 0.29) is 30.7 Å². The molecule has 9 heteroatoms. The summed E-state index contributed by atoms with van der Waals surface area (Å²) in [6, 6.07) is 9.67. The minimum Gasteiger partial charge on any atom is -0.446 e. The summed E-state index contributed by atoms with van der Waals surface area (Å²) in [5, 5.41) is 2.78. The van der Waals surface area contributed by atoms with Gasteiger partial charge in [0.05, 0.1) is 13.2 Å². The molecular formula is C24H35N3O6. The van der Waals surface area contributed by atoms with Crippen molar-refractivity contribution in [1.29, 1.82) is 0 Å². The van der Waals surface area contributed by atoms with Crippen LogP contribution in [0.15, 0.2) is 41.0 Å². The SMILES string of the molecule is CCOCCCNC(=O)c1coc(CN(CCCOCC)C(=O)COCc2ccccc2)n1. The lowest BCUT2D eigenvalue weighted by Gasteiger charge is -2.21. The molecule has 0 bridgehead atoms. The van der Waals surface area contributed by atoms with Crippen molar-refractivity contribution in [3.05, 3.63) is 53.7 Å². The number of hydrogen-bond donors (Lipinski definition) is 1. The number of hydrogen-bond acceptors (Lipinski definition) is 7. The molecule has 0 radical (unpaired) electrons. The summed E-state index contributed by atoms with van der Waals surface area (Å²) >= 11 is 0. The second-order valence-electron chi connectivity index (χ2n) is 7.28. The lowest BCUT2D eigenvalue weighted by atomic mass is 10.2. The normalized spacial score (nSPS) is 10.8. The molecule has 0 fully saturated rings. The van der Waals surface area contributed by atoms with E-state index in [0.717, 1.165) is 12.0 Å². The number of aromatic nitrogens is 1. The molecule has 0 atom stereocenters. The Kier molecular flexibility index (Phi) is 12.8. The first-order valence-electron chi connectivity index (χ1n) is 11.4. The average molecular weight is 462 g/mol. The molecule has 1 N–H and O–H groups in total. The Morgan fingerprint density at radius 1 is 1.03 bits per heavy atom. The first kappa shape index (κ1) is 26.5. The minimum absolute atomic E-state index is 0.0581. The molecule has 33 heavy (non-hydrogen) atoms. The zero-order chi connectivity index (χ0) is 23.7. The van der Waals surface area contributed by atoms with Crippen LogP contribution in [0.1, 0.15) is 48.6 Å². The van der Waals surface area contributed by atoms with E-state index in [1.165, 1.54) is 6.26 Å². The van der Waals surface area contributed by atoms with Gasteiger partial charge in [0.1, 0.15) is 12.9 Å². The molecule has 182 valence electrons. The first-order valence-corrected chi connectivity index (χ1v) is 11.4. The van der Waals surface area contributed by atoms with Crippen LogP contribution in [0.4, 0.5) is 0 Å². The van der Waals surface area contributed by atoms with Gasteiger partial charge in [-0.1, -0.05) is 30.3 Å². The van der Waals surface area contributed by atoms with Crippen LogP contribution in [0.2, 0.25) is 0 Å². The summed E-state index contributed by atoms with van der Waals surface area (Å²) in [4.78, 5) is 30.9. The van der Waals surface area contributed by atoms with Gasteiger partial charge >= 0.3 is 0 Å². The van der Waals surface area contributed by atoms with Crippen LogP contribution in [-0.4, -0.2) is 67.8 Å². The smallest absolute Gasteiger partial charge is 0.273 e. The number of rotatable bonds is 17. The molecule has 1 heterocycles. The second-order valence-corrected chi connectivity index (χ2v) is 7.28. The van der Waals surface area contributed by atoms with Crippen molar-refractivity contribution in [3.63, 3.8) is 0 Å². The molecule has 2 aromatic rings. The quantitative estimate of drug-likeness (QED) is 0.361. The molecule has 0 aliphatic heterocycles. The van der Waals surface area contributed by atoms with Crippen LogP contribution < -0.4 is 5.32 Å².